The van der Waals surface area contributed by atoms with E-state index in [2.05, 4.69) is 10.4 Å². The highest BCUT2D eigenvalue weighted by Crippen LogP contribution is 2.25. The predicted octanol–water partition coefficient (Wildman–Crippen LogP) is 4.79. The van der Waals surface area contributed by atoms with Gasteiger partial charge in [-0.25, -0.2) is 9.07 Å². The molecule has 0 aliphatic carbocycles. The lowest BCUT2D eigenvalue weighted by molar-refractivity contribution is 0.102. The van der Waals surface area contributed by atoms with Crippen molar-refractivity contribution in [3.8, 4) is 5.69 Å². The number of amides is 1. The molecule has 0 spiro atoms. The first kappa shape index (κ1) is 17.2. The first-order valence-electron chi connectivity index (χ1n) is 7.91. The SMILES string of the molecule is CCc1ccccc1NC(=O)c1c(C)nn(-c2ccc(F)cc2)c1Cl. The Morgan fingerprint density at radius 1 is 1.20 bits per heavy atom. The Hall–Kier alpha value is -2.66. The molecule has 3 rings (SSSR count). The van der Waals surface area contributed by atoms with Crippen LogP contribution >= 0.6 is 11.6 Å². The molecule has 4 nitrogen and oxygen atoms in total. The molecule has 1 N–H and O–H groups in total. The number of hydrogen-bond acceptors (Lipinski definition) is 2. The Morgan fingerprint density at radius 2 is 1.88 bits per heavy atom. The van der Waals surface area contributed by atoms with Crippen LogP contribution in [0, 0.1) is 12.7 Å². The van der Waals surface area contributed by atoms with Gasteiger partial charge < -0.3 is 5.32 Å². The van der Waals surface area contributed by atoms with Crippen molar-refractivity contribution in [2.24, 2.45) is 0 Å². The van der Waals surface area contributed by atoms with Crippen molar-refractivity contribution in [1.29, 1.82) is 0 Å². The summed E-state index contributed by atoms with van der Waals surface area (Å²) in [5.74, 6) is -0.672. The number of para-hydroxylation sites is 1. The van der Waals surface area contributed by atoms with Crippen LogP contribution in [0.1, 0.15) is 28.5 Å². The second-order valence-corrected chi connectivity index (χ2v) is 5.96. The van der Waals surface area contributed by atoms with Gasteiger partial charge in [-0.1, -0.05) is 36.7 Å². The Morgan fingerprint density at radius 3 is 2.56 bits per heavy atom. The average Bonchev–Trinajstić information content (AvgIpc) is 2.90. The van der Waals surface area contributed by atoms with Crippen molar-refractivity contribution in [3.63, 3.8) is 0 Å². The Bertz CT molecular complexity index is 919. The summed E-state index contributed by atoms with van der Waals surface area (Å²) < 4.78 is 14.5. The lowest BCUT2D eigenvalue weighted by atomic mass is 10.1. The van der Waals surface area contributed by atoms with Gasteiger partial charge in [0.15, 0.2) is 0 Å². The van der Waals surface area contributed by atoms with E-state index in [1.807, 2.05) is 31.2 Å². The van der Waals surface area contributed by atoms with Crippen molar-refractivity contribution in [3.05, 3.63) is 76.3 Å². The normalized spacial score (nSPS) is 10.7. The van der Waals surface area contributed by atoms with Gasteiger partial charge in [0, 0.05) is 5.69 Å². The summed E-state index contributed by atoms with van der Waals surface area (Å²) in [5.41, 5.74) is 3.18. The molecule has 3 aromatic rings. The number of rotatable bonds is 4. The molecule has 0 unspecified atom stereocenters. The molecule has 0 radical (unpaired) electrons. The van der Waals surface area contributed by atoms with Crippen LogP contribution in [-0.2, 0) is 6.42 Å². The fourth-order valence-electron chi connectivity index (χ4n) is 2.65. The van der Waals surface area contributed by atoms with E-state index in [1.165, 1.54) is 16.8 Å². The molecule has 2 aromatic carbocycles. The topological polar surface area (TPSA) is 46.9 Å². The Labute approximate surface area is 150 Å². The number of aryl methyl sites for hydroxylation is 2. The minimum atomic E-state index is -0.349. The van der Waals surface area contributed by atoms with Crippen LogP contribution in [0.5, 0.6) is 0 Å². The number of halogens is 2. The van der Waals surface area contributed by atoms with E-state index in [1.54, 1.807) is 19.1 Å². The quantitative estimate of drug-likeness (QED) is 0.729. The van der Waals surface area contributed by atoms with Crippen molar-refractivity contribution in [2.45, 2.75) is 20.3 Å². The first-order valence-corrected chi connectivity index (χ1v) is 8.29. The van der Waals surface area contributed by atoms with Crippen molar-refractivity contribution in [1.82, 2.24) is 9.78 Å². The molecule has 0 fully saturated rings. The molecule has 0 aliphatic heterocycles. The summed E-state index contributed by atoms with van der Waals surface area (Å²) in [5, 5.41) is 7.40. The third kappa shape index (κ3) is 3.42. The zero-order valence-corrected chi connectivity index (χ0v) is 14.6. The summed E-state index contributed by atoms with van der Waals surface area (Å²) in [6.45, 7) is 3.74. The van der Waals surface area contributed by atoms with Gasteiger partial charge in [-0.2, -0.15) is 5.10 Å². The minimum Gasteiger partial charge on any atom is -0.322 e. The first-order chi connectivity index (χ1) is 12.0. The zero-order chi connectivity index (χ0) is 18.0. The Kier molecular flexibility index (Phi) is 4.86. The average molecular weight is 358 g/mol. The molecular weight excluding hydrogens is 341 g/mol. The van der Waals surface area contributed by atoms with E-state index < -0.39 is 0 Å². The second-order valence-electron chi connectivity index (χ2n) is 5.60. The highest BCUT2D eigenvalue weighted by molar-refractivity contribution is 6.34. The van der Waals surface area contributed by atoms with E-state index in [-0.39, 0.29) is 16.9 Å². The monoisotopic (exact) mass is 357 g/mol. The van der Waals surface area contributed by atoms with Gasteiger partial charge in [-0.15, -0.1) is 0 Å². The summed E-state index contributed by atoms with van der Waals surface area (Å²) in [4.78, 5) is 12.7. The molecule has 0 bridgehead atoms. The van der Waals surface area contributed by atoms with Gasteiger partial charge in [0.05, 0.1) is 11.4 Å². The lowest BCUT2D eigenvalue weighted by Crippen LogP contribution is -2.14. The van der Waals surface area contributed by atoms with Gasteiger partial charge in [-0.05, 0) is 49.2 Å². The lowest BCUT2D eigenvalue weighted by Gasteiger charge is -2.09. The van der Waals surface area contributed by atoms with E-state index in [4.69, 9.17) is 11.6 Å². The fourth-order valence-corrected chi connectivity index (χ4v) is 3.00. The van der Waals surface area contributed by atoms with Crippen LogP contribution in [0.4, 0.5) is 10.1 Å². The summed E-state index contributed by atoms with van der Waals surface area (Å²) in [6, 6.07) is 13.4. The molecule has 0 saturated heterocycles. The van der Waals surface area contributed by atoms with Gasteiger partial charge in [0.2, 0.25) is 0 Å². The van der Waals surface area contributed by atoms with Crippen molar-refractivity contribution >= 4 is 23.2 Å². The van der Waals surface area contributed by atoms with Gasteiger partial charge in [0.1, 0.15) is 16.5 Å². The van der Waals surface area contributed by atoms with Gasteiger partial charge in [-0.3, -0.25) is 4.79 Å². The maximum atomic E-state index is 13.1. The number of anilines is 1. The Balaban J connectivity index is 1.95. The number of nitrogens with one attached hydrogen (secondary N) is 1. The molecular formula is C19H17ClFN3O. The van der Waals surface area contributed by atoms with E-state index in [0.717, 1.165) is 17.7 Å². The highest BCUT2D eigenvalue weighted by Gasteiger charge is 2.21. The third-order valence-electron chi connectivity index (χ3n) is 3.95. The minimum absolute atomic E-state index is 0.190. The van der Waals surface area contributed by atoms with Crippen LogP contribution < -0.4 is 5.32 Å². The van der Waals surface area contributed by atoms with Crippen LogP contribution in [-0.4, -0.2) is 15.7 Å². The molecule has 1 heterocycles. The standard InChI is InChI=1S/C19H17ClFN3O/c1-3-13-6-4-5-7-16(13)22-19(25)17-12(2)23-24(18(17)20)15-10-8-14(21)9-11-15/h4-11H,3H2,1-2H3,(H,22,25). The van der Waals surface area contributed by atoms with Crippen LogP contribution in [0.2, 0.25) is 5.15 Å². The summed E-state index contributed by atoms with van der Waals surface area (Å²) in [7, 11) is 0. The molecule has 0 atom stereocenters. The highest BCUT2D eigenvalue weighted by atomic mass is 35.5. The smallest absolute Gasteiger partial charge is 0.260 e. The third-order valence-corrected chi connectivity index (χ3v) is 4.30. The van der Waals surface area contributed by atoms with Crippen molar-refractivity contribution < 1.29 is 9.18 Å². The van der Waals surface area contributed by atoms with Crippen LogP contribution in [0.3, 0.4) is 0 Å². The molecule has 1 amide bonds. The molecule has 0 saturated carbocycles. The zero-order valence-electron chi connectivity index (χ0n) is 13.9. The maximum absolute atomic E-state index is 13.1. The fraction of sp³-hybridized carbons (Fsp3) is 0.158. The number of hydrogen-bond donors (Lipinski definition) is 1. The predicted molar refractivity (Wildman–Crippen MR) is 97.0 cm³/mol. The maximum Gasteiger partial charge on any atom is 0.260 e. The second kappa shape index (κ2) is 7.07. The van der Waals surface area contributed by atoms with E-state index in [0.29, 0.717) is 16.9 Å². The number of carbonyl (C=O) groups is 1. The molecule has 25 heavy (non-hydrogen) atoms. The molecule has 0 aliphatic rings. The summed E-state index contributed by atoms with van der Waals surface area (Å²) in [6.07, 6.45) is 0.804. The van der Waals surface area contributed by atoms with Gasteiger partial charge in [0.25, 0.3) is 5.91 Å². The summed E-state index contributed by atoms with van der Waals surface area (Å²) >= 11 is 6.38. The number of aromatic nitrogens is 2. The number of carbonyl (C=O) groups excluding carboxylic acids is 1. The van der Waals surface area contributed by atoms with Crippen LogP contribution in [0.25, 0.3) is 5.69 Å². The number of benzene rings is 2. The molecule has 1 aromatic heterocycles. The largest absolute Gasteiger partial charge is 0.322 e. The van der Waals surface area contributed by atoms with Gasteiger partial charge >= 0.3 is 0 Å². The van der Waals surface area contributed by atoms with Crippen molar-refractivity contribution in [2.75, 3.05) is 5.32 Å². The molecule has 6 heteroatoms. The molecule has 128 valence electrons. The van der Waals surface area contributed by atoms with E-state index in [9.17, 15) is 9.18 Å². The van der Waals surface area contributed by atoms with E-state index >= 15 is 0 Å². The van der Waals surface area contributed by atoms with Crippen LogP contribution in [0.15, 0.2) is 48.5 Å². The number of nitrogens with zero attached hydrogens (tertiary/aromatic N) is 2.